The summed E-state index contributed by atoms with van der Waals surface area (Å²) < 4.78 is 17.3. The number of likely N-dealkylation sites (tertiary alicyclic amines) is 1. The van der Waals surface area contributed by atoms with Crippen molar-refractivity contribution in [3.8, 4) is 0 Å². The number of hydrogen-bond donors (Lipinski definition) is 0. The van der Waals surface area contributed by atoms with Gasteiger partial charge in [-0.2, -0.15) is 0 Å². The Morgan fingerprint density at radius 3 is 2.83 bits per heavy atom. The van der Waals surface area contributed by atoms with E-state index < -0.39 is 0 Å². The fourth-order valence-electron chi connectivity index (χ4n) is 1.83. The minimum absolute atomic E-state index is 0.234. The van der Waals surface area contributed by atoms with Gasteiger partial charge in [-0.05, 0) is 19.8 Å². The number of piperidine rings is 1. The summed E-state index contributed by atoms with van der Waals surface area (Å²) in [7, 11) is 1.75. The molecule has 72 valence electrons. The van der Waals surface area contributed by atoms with Gasteiger partial charge in [0.05, 0.1) is 6.10 Å². The largest absolute Gasteiger partial charge is 0.381 e. The summed E-state index contributed by atoms with van der Waals surface area (Å²) in [5.74, 6) is 0. The number of ether oxygens (including phenoxy) is 1. The molecule has 1 heterocycles. The molecule has 12 heavy (non-hydrogen) atoms. The quantitative estimate of drug-likeness (QED) is 0.644. The predicted octanol–water partition coefficient (Wildman–Crippen LogP) is 1.46. The molecule has 0 saturated carbocycles. The van der Waals surface area contributed by atoms with Crippen LogP contribution in [-0.4, -0.2) is 43.9 Å². The van der Waals surface area contributed by atoms with Crippen molar-refractivity contribution < 1.29 is 9.13 Å². The van der Waals surface area contributed by atoms with Crippen molar-refractivity contribution in [3.63, 3.8) is 0 Å². The normalized spacial score (nSPS) is 32.2. The molecule has 0 aromatic heterocycles. The van der Waals surface area contributed by atoms with E-state index in [4.69, 9.17) is 4.74 Å². The molecule has 1 fully saturated rings. The predicted molar refractivity (Wildman–Crippen MR) is 47.0 cm³/mol. The summed E-state index contributed by atoms with van der Waals surface area (Å²) in [6, 6.07) is 0.472. The lowest BCUT2D eigenvalue weighted by molar-refractivity contribution is 0.0142. The molecule has 0 aliphatic carbocycles. The van der Waals surface area contributed by atoms with Crippen LogP contribution in [-0.2, 0) is 4.74 Å². The van der Waals surface area contributed by atoms with Crippen LogP contribution in [0.4, 0.5) is 4.39 Å². The fraction of sp³-hybridized carbons (Fsp3) is 1.00. The molecule has 2 unspecified atom stereocenters. The lowest BCUT2D eigenvalue weighted by Gasteiger charge is -2.36. The molecule has 1 saturated heterocycles. The first-order valence-electron chi connectivity index (χ1n) is 4.60. The number of methoxy groups -OCH3 is 1. The fourth-order valence-corrected chi connectivity index (χ4v) is 1.83. The standard InChI is InChI=1S/C9H18FNO/c1-8-7-9(12-2)3-5-11(8)6-4-10/h8-9H,3-7H2,1-2H3. The molecule has 0 amide bonds. The van der Waals surface area contributed by atoms with Gasteiger partial charge in [0.25, 0.3) is 0 Å². The second-order valence-electron chi connectivity index (χ2n) is 3.46. The van der Waals surface area contributed by atoms with Gasteiger partial charge in [-0.3, -0.25) is 4.90 Å². The van der Waals surface area contributed by atoms with Crippen molar-refractivity contribution >= 4 is 0 Å². The Balaban J connectivity index is 2.31. The summed E-state index contributed by atoms with van der Waals surface area (Å²) in [5.41, 5.74) is 0. The summed E-state index contributed by atoms with van der Waals surface area (Å²) in [4.78, 5) is 2.19. The molecule has 2 nitrogen and oxygen atoms in total. The first-order valence-corrected chi connectivity index (χ1v) is 4.60. The van der Waals surface area contributed by atoms with Crippen LogP contribution in [0, 0.1) is 0 Å². The molecule has 2 atom stereocenters. The second-order valence-corrected chi connectivity index (χ2v) is 3.46. The van der Waals surface area contributed by atoms with Crippen molar-refractivity contribution in [2.75, 3.05) is 26.9 Å². The van der Waals surface area contributed by atoms with Gasteiger partial charge in [0, 0.05) is 26.2 Å². The molecule has 1 aliphatic heterocycles. The van der Waals surface area contributed by atoms with Crippen LogP contribution in [0.15, 0.2) is 0 Å². The molecule has 3 heteroatoms. The van der Waals surface area contributed by atoms with Crippen LogP contribution in [0.25, 0.3) is 0 Å². The zero-order valence-corrected chi connectivity index (χ0v) is 7.92. The molecule has 0 aromatic rings. The minimum Gasteiger partial charge on any atom is -0.381 e. The van der Waals surface area contributed by atoms with E-state index in [1.165, 1.54) is 0 Å². The number of nitrogens with zero attached hydrogens (tertiary/aromatic N) is 1. The van der Waals surface area contributed by atoms with E-state index in [1.807, 2.05) is 0 Å². The Kier molecular flexibility index (Phi) is 3.95. The highest BCUT2D eigenvalue weighted by Gasteiger charge is 2.24. The van der Waals surface area contributed by atoms with Crippen molar-refractivity contribution in [3.05, 3.63) is 0 Å². The van der Waals surface area contributed by atoms with Gasteiger partial charge < -0.3 is 4.74 Å². The van der Waals surface area contributed by atoms with E-state index in [0.717, 1.165) is 19.4 Å². The molecule has 1 rings (SSSR count). The molecule has 0 spiro atoms. The first kappa shape index (κ1) is 9.93. The van der Waals surface area contributed by atoms with E-state index in [-0.39, 0.29) is 6.67 Å². The van der Waals surface area contributed by atoms with E-state index >= 15 is 0 Å². The van der Waals surface area contributed by atoms with Gasteiger partial charge in [-0.1, -0.05) is 0 Å². The Morgan fingerprint density at radius 1 is 1.58 bits per heavy atom. The third-order valence-corrected chi connectivity index (χ3v) is 2.67. The monoisotopic (exact) mass is 175 g/mol. The zero-order valence-electron chi connectivity index (χ0n) is 7.92. The van der Waals surface area contributed by atoms with E-state index in [2.05, 4.69) is 11.8 Å². The van der Waals surface area contributed by atoms with E-state index in [0.29, 0.717) is 18.7 Å². The SMILES string of the molecule is COC1CCN(CCF)C(C)C1. The van der Waals surface area contributed by atoms with Crippen molar-refractivity contribution in [2.24, 2.45) is 0 Å². The summed E-state index contributed by atoms with van der Waals surface area (Å²) >= 11 is 0. The number of alkyl halides is 1. The molecule has 0 bridgehead atoms. The minimum atomic E-state index is -0.234. The number of rotatable bonds is 3. The highest BCUT2D eigenvalue weighted by atomic mass is 19.1. The maximum atomic E-state index is 12.1. The Bertz CT molecular complexity index is 132. The average molecular weight is 175 g/mol. The second kappa shape index (κ2) is 4.77. The van der Waals surface area contributed by atoms with Crippen LogP contribution in [0.2, 0.25) is 0 Å². The summed E-state index contributed by atoms with van der Waals surface area (Å²) in [6.07, 6.45) is 2.47. The van der Waals surface area contributed by atoms with Crippen LogP contribution < -0.4 is 0 Å². The molecular formula is C9H18FNO. The molecular weight excluding hydrogens is 157 g/mol. The number of hydrogen-bond acceptors (Lipinski definition) is 2. The highest BCUT2D eigenvalue weighted by Crippen LogP contribution is 2.18. The van der Waals surface area contributed by atoms with Gasteiger partial charge in [-0.25, -0.2) is 4.39 Å². The van der Waals surface area contributed by atoms with Crippen molar-refractivity contribution in [1.29, 1.82) is 0 Å². The summed E-state index contributed by atoms with van der Waals surface area (Å²) in [6.45, 7) is 3.46. The third-order valence-electron chi connectivity index (χ3n) is 2.67. The maximum absolute atomic E-state index is 12.1. The van der Waals surface area contributed by atoms with Crippen LogP contribution in [0.5, 0.6) is 0 Å². The van der Waals surface area contributed by atoms with Gasteiger partial charge in [-0.15, -0.1) is 0 Å². The van der Waals surface area contributed by atoms with E-state index in [9.17, 15) is 4.39 Å². The van der Waals surface area contributed by atoms with Gasteiger partial charge >= 0.3 is 0 Å². The topological polar surface area (TPSA) is 12.5 Å². The van der Waals surface area contributed by atoms with Gasteiger partial charge in [0.15, 0.2) is 0 Å². The molecule has 1 aliphatic rings. The zero-order chi connectivity index (χ0) is 8.97. The molecule has 0 radical (unpaired) electrons. The van der Waals surface area contributed by atoms with Gasteiger partial charge in [0.1, 0.15) is 6.67 Å². The van der Waals surface area contributed by atoms with E-state index in [1.54, 1.807) is 7.11 Å². The third kappa shape index (κ3) is 2.42. The Hall–Kier alpha value is -0.150. The average Bonchev–Trinajstić information content (AvgIpc) is 2.09. The van der Waals surface area contributed by atoms with Crippen LogP contribution >= 0.6 is 0 Å². The highest BCUT2D eigenvalue weighted by molar-refractivity contribution is 4.78. The van der Waals surface area contributed by atoms with Crippen molar-refractivity contribution in [2.45, 2.75) is 31.9 Å². The van der Waals surface area contributed by atoms with Crippen LogP contribution in [0.1, 0.15) is 19.8 Å². The molecule has 0 aromatic carbocycles. The lowest BCUT2D eigenvalue weighted by Crippen LogP contribution is -2.44. The van der Waals surface area contributed by atoms with Gasteiger partial charge in [0.2, 0.25) is 0 Å². The first-order chi connectivity index (χ1) is 5.77. The number of halogens is 1. The Labute approximate surface area is 73.7 Å². The van der Waals surface area contributed by atoms with Crippen molar-refractivity contribution in [1.82, 2.24) is 4.90 Å². The molecule has 0 N–H and O–H groups in total. The summed E-state index contributed by atoms with van der Waals surface area (Å²) in [5, 5.41) is 0. The van der Waals surface area contributed by atoms with Crippen LogP contribution in [0.3, 0.4) is 0 Å². The maximum Gasteiger partial charge on any atom is 0.102 e. The smallest absolute Gasteiger partial charge is 0.102 e. The Morgan fingerprint density at radius 2 is 2.33 bits per heavy atom. The lowest BCUT2D eigenvalue weighted by atomic mass is 10.0.